The normalized spacial score (nSPS) is 10.6. The molecule has 0 unspecified atom stereocenters. The van der Waals surface area contributed by atoms with Crippen molar-refractivity contribution in [3.8, 4) is 17.0 Å². The highest BCUT2D eigenvalue weighted by molar-refractivity contribution is 5.89. The number of benzene rings is 1. The molecule has 0 atom stereocenters. The van der Waals surface area contributed by atoms with Crippen molar-refractivity contribution in [2.75, 3.05) is 12.4 Å². The summed E-state index contributed by atoms with van der Waals surface area (Å²) in [4.78, 5) is 24.0. The van der Waals surface area contributed by atoms with E-state index in [2.05, 4.69) is 15.6 Å². The van der Waals surface area contributed by atoms with E-state index in [1.165, 1.54) is 10.7 Å². The number of carbonyl (C=O) groups is 1. The van der Waals surface area contributed by atoms with E-state index in [9.17, 15) is 9.59 Å². The largest absolute Gasteiger partial charge is 0.497 e. The van der Waals surface area contributed by atoms with Gasteiger partial charge in [-0.2, -0.15) is 5.10 Å². The number of anilines is 1. The topological polar surface area (TPSA) is 99.2 Å². The Morgan fingerprint density at radius 3 is 2.85 bits per heavy atom. The van der Waals surface area contributed by atoms with E-state index in [4.69, 9.17) is 9.26 Å². The number of methoxy groups -OCH3 is 1. The zero-order valence-corrected chi connectivity index (χ0v) is 15.1. The Morgan fingerprint density at radius 2 is 2.11 bits per heavy atom. The smallest absolute Gasteiger partial charge is 0.266 e. The molecule has 3 rings (SSSR count). The number of aryl methyl sites for hydroxylation is 2. The molecule has 27 heavy (non-hydrogen) atoms. The minimum atomic E-state index is -0.214. The second kappa shape index (κ2) is 8.31. The van der Waals surface area contributed by atoms with Gasteiger partial charge in [0.1, 0.15) is 11.5 Å². The van der Waals surface area contributed by atoms with Gasteiger partial charge < -0.3 is 14.6 Å². The van der Waals surface area contributed by atoms with Gasteiger partial charge in [0, 0.05) is 30.7 Å². The Morgan fingerprint density at radius 1 is 1.26 bits per heavy atom. The van der Waals surface area contributed by atoms with Crippen molar-refractivity contribution in [2.45, 2.75) is 26.3 Å². The molecule has 2 aromatic heterocycles. The third kappa shape index (κ3) is 4.81. The summed E-state index contributed by atoms with van der Waals surface area (Å²) >= 11 is 0. The number of ether oxygens (including phenoxy) is 1. The third-order valence-electron chi connectivity index (χ3n) is 3.90. The van der Waals surface area contributed by atoms with E-state index in [1.807, 2.05) is 24.3 Å². The van der Waals surface area contributed by atoms with Gasteiger partial charge in [-0.25, -0.2) is 4.68 Å². The van der Waals surface area contributed by atoms with Gasteiger partial charge in [-0.3, -0.25) is 9.59 Å². The second-order valence-electron chi connectivity index (χ2n) is 5.99. The number of carbonyl (C=O) groups excluding carboxylic acids is 1. The van der Waals surface area contributed by atoms with Crippen LogP contribution in [0.1, 0.15) is 18.6 Å². The molecule has 8 nitrogen and oxygen atoms in total. The first-order valence-electron chi connectivity index (χ1n) is 8.51. The molecule has 3 aromatic rings. The van der Waals surface area contributed by atoms with Gasteiger partial charge in [-0.15, -0.1) is 0 Å². The summed E-state index contributed by atoms with van der Waals surface area (Å²) in [7, 11) is 1.60. The quantitative estimate of drug-likeness (QED) is 0.688. The molecule has 0 radical (unpaired) electrons. The Bertz CT molecular complexity index is 993. The van der Waals surface area contributed by atoms with Gasteiger partial charge >= 0.3 is 0 Å². The van der Waals surface area contributed by atoms with Crippen LogP contribution in [-0.2, 0) is 11.3 Å². The SMILES string of the molecule is COc1cccc(-c2ccc(=O)n(CCCC(=O)Nc3cc(C)on3)n2)c1. The number of amides is 1. The molecule has 8 heteroatoms. The molecular formula is C19H20N4O4. The van der Waals surface area contributed by atoms with Crippen LogP contribution in [0.3, 0.4) is 0 Å². The van der Waals surface area contributed by atoms with E-state index >= 15 is 0 Å². The summed E-state index contributed by atoms with van der Waals surface area (Å²) in [5, 5.41) is 10.8. The molecule has 0 bridgehead atoms. The van der Waals surface area contributed by atoms with Crippen LogP contribution in [0.2, 0.25) is 0 Å². The standard InChI is InChI=1S/C19H20N4O4/c1-13-11-17(22-27-13)20-18(24)7-4-10-23-19(25)9-8-16(21-23)14-5-3-6-15(12-14)26-2/h3,5-6,8-9,11-12H,4,7,10H2,1-2H3,(H,20,22,24). The van der Waals surface area contributed by atoms with Crippen molar-refractivity contribution < 1.29 is 14.1 Å². The molecule has 0 aliphatic heterocycles. The van der Waals surface area contributed by atoms with Crippen LogP contribution in [0.5, 0.6) is 5.75 Å². The first-order chi connectivity index (χ1) is 13.0. The minimum absolute atomic E-state index is 0.194. The zero-order chi connectivity index (χ0) is 19.2. The average Bonchev–Trinajstić information content (AvgIpc) is 3.08. The lowest BCUT2D eigenvalue weighted by Crippen LogP contribution is -2.23. The third-order valence-corrected chi connectivity index (χ3v) is 3.90. The first-order valence-corrected chi connectivity index (χ1v) is 8.51. The summed E-state index contributed by atoms with van der Waals surface area (Å²) in [6, 6.07) is 12.2. The zero-order valence-electron chi connectivity index (χ0n) is 15.1. The Labute approximate surface area is 155 Å². The molecule has 0 spiro atoms. The molecule has 140 valence electrons. The van der Waals surface area contributed by atoms with Crippen LogP contribution in [0, 0.1) is 6.92 Å². The van der Waals surface area contributed by atoms with Crippen LogP contribution >= 0.6 is 0 Å². The van der Waals surface area contributed by atoms with Gasteiger partial charge in [0.15, 0.2) is 5.82 Å². The predicted octanol–water partition coefficient (Wildman–Crippen LogP) is 2.63. The van der Waals surface area contributed by atoms with Crippen molar-refractivity contribution >= 4 is 11.7 Å². The molecule has 1 N–H and O–H groups in total. The van der Waals surface area contributed by atoms with Gasteiger partial charge in [0.25, 0.3) is 5.56 Å². The Balaban J connectivity index is 1.63. The van der Waals surface area contributed by atoms with E-state index in [0.717, 1.165) is 5.56 Å². The lowest BCUT2D eigenvalue weighted by molar-refractivity contribution is -0.116. The number of hydrogen-bond donors (Lipinski definition) is 1. The fourth-order valence-corrected chi connectivity index (χ4v) is 2.57. The fourth-order valence-electron chi connectivity index (χ4n) is 2.57. The average molecular weight is 368 g/mol. The summed E-state index contributed by atoms with van der Waals surface area (Å²) in [5.41, 5.74) is 1.30. The number of nitrogens with one attached hydrogen (secondary N) is 1. The molecule has 0 aliphatic rings. The van der Waals surface area contributed by atoms with Crippen molar-refractivity contribution in [2.24, 2.45) is 0 Å². The first kappa shape index (κ1) is 18.4. The van der Waals surface area contributed by atoms with Gasteiger partial charge in [0.05, 0.1) is 12.8 Å². The highest BCUT2D eigenvalue weighted by Gasteiger charge is 2.08. The number of aromatic nitrogens is 3. The maximum Gasteiger partial charge on any atom is 0.266 e. The molecule has 0 aliphatic carbocycles. The summed E-state index contributed by atoms with van der Waals surface area (Å²) in [6.45, 7) is 2.08. The monoisotopic (exact) mass is 368 g/mol. The van der Waals surface area contributed by atoms with Crippen molar-refractivity contribution in [3.05, 3.63) is 58.6 Å². The number of nitrogens with zero attached hydrogens (tertiary/aromatic N) is 3. The lowest BCUT2D eigenvalue weighted by atomic mass is 10.1. The fraction of sp³-hybridized carbons (Fsp3) is 0.263. The minimum Gasteiger partial charge on any atom is -0.497 e. The summed E-state index contributed by atoms with van der Waals surface area (Å²) in [5.74, 6) is 1.52. The second-order valence-corrected chi connectivity index (χ2v) is 5.99. The van der Waals surface area contributed by atoms with Crippen LogP contribution in [0.25, 0.3) is 11.3 Å². The number of hydrogen-bond acceptors (Lipinski definition) is 6. The van der Waals surface area contributed by atoms with E-state index in [-0.39, 0.29) is 17.9 Å². The molecular weight excluding hydrogens is 348 g/mol. The highest BCUT2D eigenvalue weighted by Crippen LogP contribution is 2.21. The highest BCUT2D eigenvalue weighted by atomic mass is 16.5. The molecule has 1 amide bonds. The van der Waals surface area contributed by atoms with Crippen LogP contribution in [0.15, 0.2) is 51.8 Å². The van der Waals surface area contributed by atoms with E-state index in [0.29, 0.717) is 36.0 Å². The van der Waals surface area contributed by atoms with Crippen LogP contribution in [0.4, 0.5) is 5.82 Å². The van der Waals surface area contributed by atoms with Crippen molar-refractivity contribution in [1.29, 1.82) is 0 Å². The van der Waals surface area contributed by atoms with Gasteiger partial charge in [0.2, 0.25) is 5.91 Å². The maximum atomic E-state index is 12.0. The Kier molecular flexibility index (Phi) is 5.65. The summed E-state index contributed by atoms with van der Waals surface area (Å²) in [6.07, 6.45) is 0.709. The van der Waals surface area contributed by atoms with Crippen molar-refractivity contribution in [1.82, 2.24) is 14.9 Å². The molecule has 0 saturated carbocycles. The van der Waals surface area contributed by atoms with Gasteiger partial charge in [-0.05, 0) is 31.5 Å². The predicted molar refractivity (Wildman–Crippen MR) is 99.6 cm³/mol. The summed E-state index contributed by atoms with van der Waals surface area (Å²) < 4.78 is 11.5. The van der Waals surface area contributed by atoms with Crippen LogP contribution in [-0.4, -0.2) is 28.0 Å². The van der Waals surface area contributed by atoms with Crippen LogP contribution < -0.4 is 15.6 Å². The van der Waals surface area contributed by atoms with Crippen molar-refractivity contribution in [3.63, 3.8) is 0 Å². The van der Waals surface area contributed by atoms with E-state index in [1.54, 1.807) is 26.2 Å². The van der Waals surface area contributed by atoms with E-state index < -0.39 is 0 Å². The Hall–Kier alpha value is -3.42. The van der Waals surface area contributed by atoms with Gasteiger partial charge in [-0.1, -0.05) is 17.3 Å². The molecule has 0 saturated heterocycles. The maximum absolute atomic E-state index is 12.0. The molecule has 1 aromatic carbocycles. The molecule has 0 fully saturated rings. The molecule has 2 heterocycles. The number of rotatable bonds is 7. The lowest BCUT2D eigenvalue weighted by Gasteiger charge is -2.08.